The molecule has 164 valence electrons. The first-order valence-corrected chi connectivity index (χ1v) is 11.9. The van der Waals surface area contributed by atoms with Crippen molar-refractivity contribution in [3.8, 4) is 0 Å². The molecule has 3 rings (SSSR count). The van der Waals surface area contributed by atoms with E-state index < -0.39 is 16.1 Å². The number of aliphatic hydroxyl groups is 1. The van der Waals surface area contributed by atoms with Crippen molar-refractivity contribution in [3.63, 3.8) is 0 Å². The van der Waals surface area contributed by atoms with Crippen LogP contribution in [0, 0.1) is 5.92 Å². The molecule has 0 spiro atoms. The number of benzene rings is 2. The summed E-state index contributed by atoms with van der Waals surface area (Å²) in [5.41, 5.74) is 3.61. The van der Waals surface area contributed by atoms with Gasteiger partial charge in [-0.05, 0) is 29.7 Å². The Morgan fingerprint density at radius 2 is 1.87 bits per heavy atom. The fraction of sp³-hybridized carbons (Fsp3) is 0.381. The lowest BCUT2D eigenvalue weighted by Crippen LogP contribution is -2.43. The molecule has 9 heteroatoms. The van der Waals surface area contributed by atoms with Gasteiger partial charge in [0.25, 0.3) is 0 Å². The highest BCUT2D eigenvalue weighted by Crippen LogP contribution is 2.24. The molecule has 0 fully saturated rings. The molecular formula is C21H28ClN3O3S2. The van der Waals surface area contributed by atoms with Crippen LogP contribution in [0.3, 0.4) is 0 Å². The maximum absolute atomic E-state index is 13.2. The molecule has 30 heavy (non-hydrogen) atoms. The van der Waals surface area contributed by atoms with Gasteiger partial charge >= 0.3 is 0 Å². The van der Waals surface area contributed by atoms with E-state index in [4.69, 9.17) is 0 Å². The van der Waals surface area contributed by atoms with Crippen molar-refractivity contribution in [2.75, 3.05) is 19.6 Å². The monoisotopic (exact) mass is 469 g/mol. The van der Waals surface area contributed by atoms with Gasteiger partial charge in [0.2, 0.25) is 10.0 Å². The average Bonchev–Trinajstić information content (AvgIpc) is 3.16. The molecule has 0 unspecified atom stereocenters. The first-order valence-electron chi connectivity index (χ1n) is 9.62. The van der Waals surface area contributed by atoms with Gasteiger partial charge in [-0.3, -0.25) is 0 Å². The Kier molecular flexibility index (Phi) is 9.21. The van der Waals surface area contributed by atoms with Crippen molar-refractivity contribution in [1.29, 1.82) is 0 Å². The summed E-state index contributed by atoms with van der Waals surface area (Å²) in [4.78, 5) is 4.44. The van der Waals surface area contributed by atoms with E-state index >= 15 is 0 Å². The number of halogens is 1. The standard InChI is InChI=1S/C21H27N3O3S2.ClH/c1-16(2)13-24(14-18(25)12-22-11-17-6-4-3-5-7-17)29(26,27)19-8-9-20-21(10-19)28-15-23-20;/h3-10,15-16,18,22,25H,11-14H2,1-2H3;1H/t18-;/m1./s1. The van der Waals surface area contributed by atoms with Crippen molar-refractivity contribution in [2.45, 2.75) is 31.4 Å². The third kappa shape index (κ3) is 6.47. The van der Waals surface area contributed by atoms with E-state index in [-0.39, 0.29) is 29.8 Å². The van der Waals surface area contributed by atoms with Gasteiger partial charge in [0.05, 0.1) is 26.7 Å². The van der Waals surface area contributed by atoms with Crippen LogP contribution in [0.25, 0.3) is 10.2 Å². The fourth-order valence-corrected chi connectivity index (χ4v) is 5.56. The molecule has 0 saturated carbocycles. The van der Waals surface area contributed by atoms with Crippen LogP contribution < -0.4 is 5.32 Å². The van der Waals surface area contributed by atoms with Crippen LogP contribution in [0.2, 0.25) is 0 Å². The first-order chi connectivity index (χ1) is 13.9. The molecule has 0 bridgehead atoms. The molecule has 0 saturated heterocycles. The van der Waals surface area contributed by atoms with Crippen LogP contribution in [0.15, 0.2) is 58.9 Å². The Hall–Kier alpha value is -1.55. The third-order valence-corrected chi connectivity index (χ3v) is 7.09. The minimum atomic E-state index is -3.71. The molecule has 0 aliphatic carbocycles. The summed E-state index contributed by atoms with van der Waals surface area (Å²) in [6.07, 6.45) is -0.806. The molecule has 0 radical (unpaired) electrons. The highest BCUT2D eigenvalue weighted by molar-refractivity contribution is 7.89. The Morgan fingerprint density at radius 1 is 1.13 bits per heavy atom. The van der Waals surface area contributed by atoms with Gasteiger partial charge < -0.3 is 10.4 Å². The fourth-order valence-electron chi connectivity index (χ4n) is 3.10. The maximum Gasteiger partial charge on any atom is 0.243 e. The predicted octanol–water partition coefficient (Wildman–Crippen LogP) is 3.52. The normalized spacial score (nSPS) is 13.0. The molecule has 2 N–H and O–H groups in total. The predicted molar refractivity (Wildman–Crippen MR) is 125 cm³/mol. The zero-order valence-corrected chi connectivity index (χ0v) is 19.5. The third-order valence-electron chi connectivity index (χ3n) is 4.48. The van der Waals surface area contributed by atoms with Crippen LogP contribution in [0.4, 0.5) is 0 Å². The SMILES string of the molecule is CC(C)CN(C[C@H](O)CNCc1ccccc1)S(=O)(=O)c1ccc2ncsc2c1.Cl. The maximum atomic E-state index is 13.2. The lowest BCUT2D eigenvalue weighted by atomic mass is 10.2. The minimum absolute atomic E-state index is 0. The zero-order chi connectivity index (χ0) is 20.9. The highest BCUT2D eigenvalue weighted by atomic mass is 35.5. The Bertz CT molecular complexity index is 1030. The number of aromatic nitrogens is 1. The number of hydrogen-bond acceptors (Lipinski definition) is 6. The molecule has 3 aromatic rings. The quantitative estimate of drug-likeness (QED) is 0.474. The lowest BCUT2D eigenvalue weighted by Gasteiger charge is -2.26. The second-order valence-electron chi connectivity index (χ2n) is 7.47. The highest BCUT2D eigenvalue weighted by Gasteiger charge is 2.27. The summed E-state index contributed by atoms with van der Waals surface area (Å²) >= 11 is 1.41. The molecule has 1 aromatic heterocycles. The summed E-state index contributed by atoms with van der Waals surface area (Å²) in [5.74, 6) is 0.140. The van der Waals surface area contributed by atoms with E-state index in [1.807, 2.05) is 44.2 Å². The van der Waals surface area contributed by atoms with Crippen molar-refractivity contribution in [1.82, 2.24) is 14.6 Å². The number of fused-ring (bicyclic) bond motifs is 1. The minimum Gasteiger partial charge on any atom is -0.390 e. The Morgan fingerprint density at radius 3 is 2.57 bits per heavy atom. The summed E-state index contributed by atoms with van der Waals surface area (Å²) < 4.78 is 28.7. The number of rotatable bonds is 10. The average molecular weight is 470 g/mol. The van der Waals surface area contributed by atoms with Crippen LogP contribution in [0.5, 0.6) is 0 Å². The second kappa shape index (κ2) is 11.2. The molecule has 1 atom stereocenters. The van der Waals surface area contributed by atoms with Crippen LogP contribution in [-0.4, -0.2) is 48.6 Å². The van der Waals surface area contributed by atoms with E-state index in [2.05, 4.69) is 10.3 Å². The second-order valence-corrected chi connectivity index (χ2v) is 10.3. The van der Waals surface area contributed by atoms with E-state index in [1.165, 1.54) is 15.6 Å². The largest absolute Gasteiger partial charge is 0.390 e. The van der Waals surface area contributed by atoms with Crippen LogP contribution in [0.1, 0.15) is 19.4 Å². The summed E-state index contributed by atoms with van der Waals surface area (Å²) in [6.45, 7) is 5.26. The molecule has 0 amide bonds. The molecular weight excluding hydrogens is 442 g/mol. The molecule has 0 aliphatic rings. The van der Waals surface area contributed by atoms with Gasteiger partial charge in [0.15, 0.2) is 0 Å². The van der Waals surface area contributed by atoms with Gasteiger partial charge in [-0.2, -0.15) is 4.31 Å². The van der Waals surface area contributed by atoms with Crippen molar-refractivity contribution in [3.05, 3.63) is 59.6 Å². The zero-order valence-electron chi connectivity index (χ0n) is 17.1. The first kappa shape index (κ1) is 24.7. The number of sulfonamides is 1. The van der Waals surface area contributed by atoms with Gasteiger partial charge in [-0.1, -0.05) is 44.2 Å². The number of thiazole rings is 1. The van der Waals surface area contributed by atoms with Gasteiger partial charge in [-0.15, -0.1) is 23.7 Å². The number of nitrogens with one attached hydrogen (secondary N) is 1. The molecule has 1 heterocycles. The smallest absolute Gasteiger partial charge is 0.243 e. The van der Waals surface area contributed by atoms with Crippen LogP contribution >= 0.6 is 23.7 Å². The lowest BCUT2D eigenvalue weighted by molar-refractivity contribution is 0.139. The number of aliphatic hydroxyl groups excluding tert-OH is 1. The molecule has 6 nitrogen and oxygen atoms in total. The van der Waals surface area contributed by atoms with E-state index in [0.717, 1.165) is 15.8 Å². The van der Waals surface area contributed by atoms with Crippen molar-refractivity contribution >= 4 is 44.0 Å². The van der Waals surface area contributed by atoms with E-state index in [1.54, 1.807) is 23.7 Å². The topological polar surface area (TPSA) is 82.5 Å². The van der Waals surface area contributed by atoms with Gasteiger partial charge in [-0.25, -0.2) is 13.4 Å². The molecule has 2 aromatic carbocycles. The summed E-state index contributed by atoms with van der Waals surface area (Å²) in [7, 11) is -3.71. The Balaban J connectivity index is 0.00000320. The van der Waals surface area contributed by atoms with E-state index in [0.29, 0.717) is 19.6 Å². The van der Waals surface area contributed by atoms with Gasteiger partial charge in [0, 0.05) is 26.2 Å². The van der Waals surface area contributed by atoms with Crippen molar-refractivity contribution in [2.24, 2.45) is 5.92 Å². The molecule has 0 aliphatic heterocycles. The Labute approximate surface area is 188 Å². The van der Waals surface area contributed by atoms with Crippen molar-refractivity contribution < 1.29 is 13.5 Å². The van der Waals surface area contributed by atoms with Gasteiger partial charge in [0.1, 0.15) is 0 Å². The van der Waals surface area contributed by atoms with Crippen LogP contribution in [-0.2, 0) is 16.6 Å². The number of nitrogens with zero attached hydrogens (tertiary/aromatic N) is 2. The summed E-state index contributed by atoms with van der Waals surface area (Å²) in [6, 6.07) is 14.9. The van der Waals surface area contributed by atoms with E-state index in [9.17, 15) is 13.5 Å². The number of hydrogen-bond donors (Lipinski definition) is 2. The summed E-state index contributed by atoms with van der Waals surface area (Å²) in [5, 5.41) is 13.7.